The van der Waals surface area contributed by atoms with Gasteiger partial charge in [-0.15, -0.1) is 0 Å². The minimum Gasteiger partial charge on any atom is -0.369 e. The number of guanidine groups is 1. The van der Waals surface area contributed by atoms with Gasteiger partial charge in [0.1, 0.15) is 5.54 Å². The summed E-state index contributed by atoms with van der Waals surface area (Å²) in [5.74, 6) is -0.408. The van der Waals surface area contributed by atoms with Crippen molar-refractivity contribution in [2.24, 2.45) is 10.7 Å². The van der Waals surface area contributed by atoms with Gasteiger partial charge in [-0.1, -0.05) is 57.2 Å². The molecule has 1 heterocycles. The fourth-order valence-corrected chi connectivity index (χ4v) is 3.68. The maximum atomic E-state index is 13.2. The highest BCUT2D eigenvalue weighted by atomic mass is 16.2. The second-order valence-electron chi connectivity index (χ2n) is 8.51. The van der Waals surface area contributed by atoms with E-state index in [-0.39, 0.29) is 17.3 Å². The van der Waals surface area contributed by atoms with Gasteiger partial charge in [0.05, 0.1) is 17.6 Å². The zero-order chi connectivity index (χ0) is 20.7. The van der Waals surface area contributed by atoms with Crippen molar-refractivity contribution < 1.29 is 4.79 Å². The molecule has 0 radical (unpaired) electrons. The van der Waals surface area contributed by atoms with Crippen LogP contribution in [0.1, 0.15) is 55.9 Å². The number of hydrogen-bond acceptors (Lipinski definition) is 4. The number of hydrogen-bond donors (Lipinski definition) is 1. The van der Waals surface area contributed by atoms with Crippen LogP contribution >= 0.6 is 0 Å². The fourth-order valence-electron chi connectivity index (χ4n) is 3.68. The van der Waals surface area contributed by atoms with Gasteiger partial charge in [0.25, 0.3) is 0 Å². The Kier molecular flexibility index (Phi) is 4.76. The second kappa shape index (κ2) is 6.79. The predicted octanol–water partition coefficient (Wildman–Crippen LogP) is 3.64. The molecule has 1 aliphatic heterocycles. The molecule has 0 spiro atoms. The quantitative estimate of drug-likeness (QED) is 0.871. The van der Waals surface area contributed by atoms with Gasteiger partial charge in [0.15, 0.2) is 5.96 Å². The van der Waals surface area contributed by atoms with Crippen molar-refractivity contribution in [3.63, 3.8) is 0 Å². The maximum Gasteiger partial charge on any atom is 0.239 e. The SMILES string of the molecule is CN1C(=O)[C@@H](c2ccc(C(C)(C)C)cc2)[C@@](C)(c2ccc(C#N)cc2)N=C1N. The molecule has 5 nitrogen and oxygen atoms in total. The number of carbonyl (C=O) groups is 1. The monoisotopic (exact) mass is 374 g/mol. The number of nitrogens with zero attached hydrogens (tertiary/aromatic N) is 3. The van der Waals surface area contributed by atoms with E-state index < -0.39 is 11.5 Å². The Balaban J connectivity index is 2.14. The van der Waals surface area contributed by atoms with Crippen LogP contribution in [0.4, 0.5) is 0 Å². The van der Waals surface area contributed by atoms with Crippen LogP contribution in [0.15, 0.2) is 53.5 Å². The number of nitrogens with two attached hydrogens (primary N) is 1. The number of likely N-dealkylation sites (N-methyl/N-ethyl adjacent to an activating group) is 1. The van der Waals surface area contributed by atoms with E-state index in [4.69, 9.17) is 16.0 Å². The van der Waals surface area contributed by atoms with E-state index in [1.807, 2.05) is 31.2 Å². The van der Waals surface area contributed by atoms with Gasteiger partial charge >= 0.3 is 0 Å². The van der Waals surface area contributed by atoms with Gasteiger partial charge < -0.3 is 5.73 Å². The van der Waals surface area contributed by atoms with Crippen molar-refractivity contribution in [2.75, 3.05) is 7.05 Å². The highest BCUT2D eigenvalue weighted by molar-refractivity contribution is 6.02. The van der Waals surface area contributed by atoms with Crippen LogP contribution in [-0.2, 0) is 15.7 Å². The highest BCUT2D eigenvalue weighted by Crippen LogP contribution is 2.44. The van der Waals surface area contributed by atoms with Crippen LogP contribution < -0.4 is 5.73 Å². The summed E-state index contributed by atoms with van der Waals surface area (Å²) in [7, 11) is 1.65. The average Bonchev–Trinajstić information content (AvgIpc) is 2.66. The zero-order valence-corrected chi connectivity index (χ0v) is 17.0. The molecule has 0 bridgehead atoms. The van der Waals surface area contributed by atoms with E-state index in [1.54, 1.807) is 19.2 Å². The lowest BCUT2D eigenvalue weighted by atomic mass is 9.73. The molecule has 1 aliphatic rings. The summed E-state index contributed by atoms with van der Waals surface area (Å²) in [6.45, 7) is 8.41. The molecule has 2 atom stereocenters. The number of aliphatic imine (C=N–C) groups is 1. The lowest BCUT2D eigenvalue weighted by Crippen LogP contribution is -2.52. The second-order valence-corrected chi connectivity index (χ2v) is 8.51. The highest BCUT2D eigenvalue weighted by Gasteiger charge is 2.47. The normalized spacial score (nSPS) is 22.6. The first-order valence-corrected chi connectivity index (χ1v) is 9.32. The number of amides is 1. The summed E-state index contributed by atoms with van der Waals surface area (Å²) in [4.78, 5) is 19.4. The molecule has 1 amide bonds. The topological polar surface area (TPSA) is 82.5 Å². The molecule has 2 aromatic carbocycles. The van der Waals surface area contributed by atoms with Crippen molar-refractivity contribution in [3.05, 3.63) is 70.8 Å². The van der Waals surface area contributed by atoms with Crippen LogP contribution in [0.3, 0.4) is 0 Å². The van der Waals surface area contributed by atoms with Crippen LogP contribution in [0.2, 0.25) is 0 Å². The van der Waals surface area contributed by atoms with E-state index in [9.17, 15) is 4.79 Å². The molecule has 3 rings (SSSR count). The molecule has 0 fully saturated rings. The van der Waals surface area contributed by atoms with Crippen molar-refractivity contribution in [1.82, 2.24) is 4.90 Å². The summed E-state index contributed by atoms with van der Waals surface area (Å²) in [5, 5.41) is 9.09. The summed E-state index contributed by atoms with van der Waals surface area (Å²) >= 11 is 0. The van der Waals surface area contributed by atoms with Crippen LogP contribution in [0.5, 0.6) is 0 Å². The first kappa shape index (κ1) is 19.6. The van der Waals surface area contributed by atoms with E-state index in [0.717, 1.165) is 11.1 Å². The molecule has 2 N–H and O–H groups in total. The Labute approximate surface area is 166 Å². The van der Waals surface area contributed by atoms with E-state index >= 15 is 0 Å². The number of carbonyl (C=O) groups excluding carboxylic acids is 1. The van der Waals surface area contributed by atoms with Gasteiger partial charge in [0.2, 0.25) is 5.91 Å². The van der Waals surface area contributed by atoms with Crippen molar-refractivity contribution >= 4 is 11.9 Å². The molecule has 28 heavy (non-hydrogen) atoms. The number of rotatable bonds is 2. The molecule has 0 saturated carbocycles. The molecule has 144 valence electrons. The van der Waals surface area contributed by atoms with Gasteiger partial charge in [0, 0.05) is 7.05 Å². The zero-order valence-electron chi connectivity index (χ0n) is 17.0. The maximum absolute atomic E-state index is 13.2. The van der Waals surface area contributed by atoms with Crippen LogP contribution in [0.25, 0.3) is 0 Å². The predicted molar refractivity (Wildman–Crippen MR) is 111 cm³/mol. The Morgan fingerprint density at radius 2 is 1.68 bits per heavy atom. The van der Waals surface area contributed by atoms with Gasteiger partial charge in [-0.2, -0.15) is 5.26 Å². The minimum absolute atomic E-state index is 0.0326. The minimum atomic E-state index is -0.856. The van der Waals surface area contributed by atoms with Crippen molar-refractivity contribution in [1.29, 1.82) is 5.26 Å². The third-order valence-electron chi connectivity index (χ3n) is 5.54. The first-order chi connectivity index (χ1) is 13.1. The summed E-state index contributed by atoms with van der Waals surface area (Å²) < 4.78 is 0. The van der Waals surface area contributed by atoms with Gasteiger partial charge in [-0.05, 0) is 41.2 Å². The van der Waals surface area contributed by atoms with E-state index in [2.05, 4.69) is 39.0 Å². The van der Waals surface area contributed by atoms with E-state index in [1.165, 1.54) is 10.5 Å². The third kappa shape index (κ3) is 3.27. The third-order valence-corrected chi connectivity index (χ3v) is 5.54. The Morgan fingerprint density at radius 3 is 2.18 bits per heavy atom. The average molecular weight is 374 g/mol. The van der Waals surface area contributed by atoms with Crippen molar-refractivity contribution in [3.8, 4) is 6.07 Å². The lowest BCUT2D eigenvalue weighted by Gasteiger charge is -2.41. The number of nitriles is 1. The first-order valence-electron chi connectivity index (χ1n) is 9.32. The number of benzene rings is 2. The smallest absolute Gasteiger partial charge is 0.239 e. The molecule has 0 aromatic heterocycles. The molecule has 0 aliphatic carbocycles. The summed E-state index contributed by atoms with van der Waals surface area (Å²) in [5.41, 5.74) is 8.75. The largest absolute Gasteiger partial charge is 0.369 e. The Bertz CT molecular complexity index is 962. The molecule has 2 aromatic rings. The molecular weight excluding hydrogens is 348 g/mol. The van der Waals surface area contributed by atoms with Crippen LogP contribution in [-0.4, -0.2) is 23.8 Å². The van der Waals surface area contributed by atoms with Gasteiger partial charge in [-0.25, -0.2) is 4.99 Å². The Morgan fingerprint density at radius 1 is 1.11 bits per heavy atom. The molecule has 5 heteroatoms. The Hall–Kier alpha value is -3.13. The van der Waals surface area contributed by atoms with E-state index in [0.29, 0.717) is 5.56 Å². The van der Waals surface area contributed by atoms with Gasteiger partial charge in [-0.3, -0.25) is 9.69 Å². The molecule has 0 saturated heterocycles. The fraction of sp³-hybridized carbons (Fsp3) is 0.348. The van der Waals surface area contributed by atoms with Crippen LogP contribution in [0, 0.1) is 11.3 Å². The standard InChI is InChI=1S/C23H26N4O/c1-22(2,3)17-12-8-16(9-13-17)19-20(28)27(5)21(25)26-23(19,4)18-10-6-15(14-24)7-11-18/h6-13,19H,1-5H3,(H2,25,26)/t19-,23-/m1/s1. The van der Waals surface area contributed by atoms with Crippen molar-refractivity contribution in [2.45, 2.75) is 44.6 Å². The molecular formula is C23H26N4O. The molecule has 0 unspecified atom stereocenters. The lowest BCUT2D eigenvalue weighted by molar-refractivity contribution is -0.130. The summed E-state index contributed by atoms with van der Waals surface area (Å²) in [6, 6.07) is 17.5. The summed E-state index contributed by atoms with van der Waals surface area (Å²) in [6.07, 6.45) is 0.